The summed E-state index contributed by atoms with van der Waals surface area (Å²) in [5.41, 5.74) is 1.70. The van der Waals surface area contributed by atoms with Gasteiger partial charge in [0.15, 0.2) is 0 Å². The van der Waals surface area contributed by atoms with Crippen molar-refractivity contribution in [2.75, 3.05) is 4.90 Å². The third kappa shape index (κ3) is 3.51. The van der Waals surface area contributed by atoms with Crippen LogP contribution in [0.2, 0.25) is 0 Å². The maximum atomic E-state index is 12.6. The first-order valence-corrected chi connectivity index (χ1v) is 7.92. The Morgan fingerprint density at radius 1 is 1.25 bits per heavy atom. The van der Waals surface area contributed by atoms with Crippen LogP contribution in [0.15, 0.2) is 60.9 Å². The molecule has 0 radical (unpaired) electrons. The van der Waals surface area contributed by atoms with Gasteiger partial charge in [-0.05, 0) is 43.2 Å². The van der Waals surface area contributed by atoms with Gasteiger partial charge in [0.05, 0.1) is 0 Å². The molecular formula is C19H19N3O2. The molecule has 1 fully saturated rings. The number of benzene rings is 1. The van der Waals surface area contributed by atoms with Gasteiger partial charge in [-0.1, -0.05) is 24.3 Å². The highest BCUT2D eigenvalue weighted by Gasteiger charge is 2.38. The summed E-state index contributed by atoms with van der Waals surface area (Å²) in [4.78, 5) is 30.4. The average Bonchev–Trinajstić information content (AvgIpc) is 2.88. The van der Waals surface area contributed by atoms with Gasteiger partial charge < -0.3 is 10.2 Å². The standard InChI is InChI=1S/C19H19N3O2/c1-14-12-17(19(24)22(14)16-7-3-2-4-8-16)21-18(23)10-9-15-6-5-11-20-13-15/h2-11,13-14,17H,12H2,1H3,(H,21,23)/b10-9+/t14-,17-/m0/s1. The van der Waals surface area contributed by atoms with E-state index < -0.39 is 6.04 Å². The van der Waals surface area contributed by atoms with Crippen LogP contribution >= 0.6 is 0 Å². The lowest BCUT2D eigenvalue weighted by Crippen LogP contribution is -2.41. The van der Waals surface area contributed by atoms with Crippen molar-refractivity contribution in [2.24, 2.45) is 0 Å². The summed E-state index contributed by atoms with van der Waals surface area (Å²) in [7, 11) is 0. The molecule has 1 aromatic carbocycles. The first-order valence-electron chi connectivity index (χ1n) is 7.92. The van der Waals surface area contributed by atoms with Crippen molar-refractivity contribution >= 4 is 23.6 Å². The Hall–Kier alpha value is -2.95. The number of rotatable bonds is 4. The number of anilines is 1. The summed E-state index contributed by atoms with van der Waals surface area (Å²) in [6.45, 7) is 1.99. The van der Waals surface area contributed by atoms with Crippen LogP contribution in [0.3, 0.4) is 0 Å². The summed E-state index contributed by atoms with van der Waals surface area (Å²) in [6.07, 6.45) is 7.05. The molecule has 1 saturated heterocycles. The van der Waals surface area contributed by atoms with Gasteiger partial charge in [-0.2, -0.15) is 0 Å². The zero-order chi connectivity index (χ0) is 16.9. The fourth-order valence-electron chi connectivity index (χ4n) is 2.89. The minimum atomic E-state index is -0.494. The highest BCUT2D eigenvalue weighted by molar-refractivity contribution is 6.03. The van der Waals surface area contributed by atoms with Crippen molar-refractivity contribution in [3.8, 4) is 0 Å². The molecular weight excluding hydrogens is 302 g/mol. The van der Waals surface area contributed by atoms with E-state index in [0.717, 1.165) is 11.3 Å². The van der Waals surface area contributed by atoms with Crippen LogP contribution < -0.4 is 10.2 Å². The van der Waals surface area contributed by atoms with Crippen molar-refractivity contribution in [1.82, 2.24) is 10.3 Å². The molecule has 0 spiro atoms. The van der Waals surface area contributed by atoms with E-state index in [-0.39, 0.29) is 17.9 Å². The second kappa shape index (κ2) is 7.08. The van der Waals surface area contributed by atoms with E-state index in [1.54, 1.807) is 29.4 Å². The molecule has 5 nitrogen and oxygen atoms in total. The van der Waals surface area contributed by atoms with Crippen LogP contribution in [0, 0.1) is 0 Å². The number of nitrogens with zero attached hydrogens (tertiary/aromatic N) is 2. The number of pyridine rings is 1. The van der Waals surface area contributed by atoms with Crippen molar-refractivity contribution in [3.05, 3.63) is 66.5 Å². The Bertz CT molecular complexity index is 744. The zero-order valence-corrected chi connectivity index (χ0v) is 13.4. The Labute approximate surface area is 141 Å². The molecule has 5 heteroatoms. The van der Waals surface area contributed by atoms with Gasteiger partial charge in [0.25, 0.3) is 0 Å². The van der Waals surface area contributed by atoms with Gasteiger partial charge in [-0.15, -0.1) is 0 Å². The number of para-hydroxylation sites is 1. The summed E-state index contributed by atoms with van der Waals surface area (Å²) in [6, 6.07) is 12.7. The van der Waals surface area contributed by atoms with Gasteiger partial charge in [-0.25, -0.2) is 0 Å². The Morgan fingerprint density at radius 3 is 2.75 bits per heavy atom. The first-order chi connectivity index (χ1) is 11.6. The summed E-state index contributed by atoms with van der Waals surface area (Å²) < 4.78 is 0. The maximum absolute atomic E-state index is 12.6. The van der Waals surface area contributed by atoms with Crippen molar-refractivity contribution < 1.29 is 9.59 Å². The second-order valence-electron chi connectivity index (χ2n) is 5.81. The summed E-state index contributed by atoms with van der Waals surface area (Å²) >= 11 is 0. The maximum Gasteiger partial charge on any atom is 0.249 e. The van der Waals surface area contributed by atoms with Gasteiger partial charge in [0.1, 0.15) is 6.04 Å². The first kappa shape index (κ1) is 15.9. The predicted molar refractivity (Wildman–Crippen MR) is 93.2 cm³/mol. The fourth-order valence-corrected chi connectivity index (χ4v) is 2.89. The molecule has 1 aliphatic rings. The molecule has 0 aliphatic carbocycles. The lowest BCUT2D eigenvalue weighted by molar-refractivity contribution is -0.123. The van der Waals surface area contributed by atoms with Gasteiger partial charge in [0.2, 0.25) is 11.8 Å². The molecule has 0 saturated carbocycles. The molecule has 1 N–H and O–H groups in total. The van der Waals surface area contributed by atoms with Crippen LogP contribution in [0.25, 0.3) is 6.08 Å². The van der Waals surface area contributed by atoms with Crippen molar-refractivity contribution in [2.45, 2.75) is 25.4 Å². The molecule has 0 unspecified atom stereocenters. The fraction of sp³-hybridized carbons (Fsp3) is 0.211. The highest BCUT2D eigenvalue weighted by Crippen LogP contribution is 2.26. The zero-order valence-electron chi connectivity index (χ0n) is 13.4. The van der Waals surface area contributed by atoms with E-state index in [0.29, 0.717) is 6.42 Å². The lowest BCUT2D eigenvalue weighted by Gasteiger charge is -2.21. The minimum Gasteiger partial charge on any atom is -0.341 e. The van der Waals surface area contributed by atoms with Crippen LogP contribution in [-0.2, 0) is 9.59 Å². The third-order valence-corrected chi connectivity index (χ3v) is 4.02. The number of hydrogen-bond acceptors (Lipinski definition) is 3. The molecule has 24 heavy (non-hydrogen) atoms. The highest BCUT2D eigenvalue weighted by atomic mass is 16.2. The largest absolute Gasteiger partial charge is 0.341 e. The smallest absolute Gasteiger partial charge is 0.249 e. The molecule has 1 aromatic heterocycles. The normalized spacial score (nSPS) is 20.5. The van der Waals surface area contributed by atoms with E-state index in [1.807, 2.05) is 43.3 Å². The molecule has 122 valence electrons. The minimum absolute atomic E-state index is 0.0486. The predicted octanol–water partition coefficient (Wildman–Crippen LogP) is 2.41. The lowest BCUT2D eigenvalue weighted by atomic mass is 10.2. The number of carbonyl (C=O) groups excluding carboxylic acids is 2. The molecule has 2 amide bonds. The monoisotopic (exact) mass is 321 g/mol. The summed E-state index contributed by atoms with van der Waals surface area (Å²) in [5.74, 6) is -0.351. The molecule has 0 bridgehead atoms. The average molecular weight is 321 g/mol. The number of nitrogens with one attached hydrogen (secondary N) is 1. The number of carbonyl (C=O) groups is 2. The van der Waals surface area contributed by atoms with Crippen molar-refractivity contribution in [1.29, 1.82) is 0 Å². The Kier molecular flexibility index (Phi) is 4.70. The van der Waals surface area contributed by atoms with Crippen molar-refractivity contribution in [3.63, 3.8) is 0 Å². The SMILES string of the molecule is C[C@H]1C[C@H](NC(=O)/C=C/c2cccnc2)C(=O)N1c1ccccc1. The topological polar surface area (TPSA) is 62.3 Å². The van der Waals surface area contributed by atoms with E-state index in [1.165, 1.54) is 6.08 Å². The van der Waals surface area contributed by atoms with Crippen LogP contribution in [-0.4, -0.2) is 28.9 Å². The Balaban J connectivity index is 1.65. The second-order valence-corrected chi connectivity index (χ2v) is 5.81. The summed E-state index contributed by atoms with van der Waals surface area (Å²) in [5, 5.41) is 2.79. The van der Waals surface area contributed by atoms with Gasteiger partial charge in [0, 0.05) is 30.2 Å². The molecule has 2 heterocycles. The van der Waals surface area contributed by atoms with E-state index in [9.17, 15) is 9.59 Å². The molecule has 2 aromatic rings. The number of aromatic nitrogens is 1. The van der Waals surface area contributed by atoms with Crippen LogP contribution in [0.5, 0.6) is 0 Å². The van der Waals surface area contributed by atoms with Crippen LogP contribution in [0.4, 0.5) is 5.69 Å². The molecule has 1 aliphatic heterocycles. The van der Waals surface area contributed by atoms with Crippen LogP contribution in [0.1, 0.15) is 18.9 Å². The number of amides is 2. The van der Waals surface area contributed by atoms with Gasteiger partial charge >= 0.3 is 0 Å². The quantitative estimate of drug-likeness (QED) is 0.880. The molecule has 3 rings (SSSR count). The van der Waals surface area contributed by atoms with E-state index in [4.69, 9.17) is 0 Å². The van der Waals surface area contributed by atoms with E-state index >= 15 is 0 Å². The third-order valence-electron chi connectivity index (χ3n) is 4.02. The number of hydrogen-bond donors (Lipinski definition) is 1. The van der Waals surface area contributed by atoms with Gasteiger partial charge in [-0.3, -0.25) is 14.6 Å². The Morgan fingerprint density at radius 2 is 2.04 bits per heavy atom. The van der Waals surface area contributed by atoms with E-state index in [2.05, 4.69) is 10.3 Å². The molecule has 2 atom stereocenters.